The molecule has 4 aromatic rings. The second kappa shape index (κ2) is 12.4. The second-order valence-electron chi connectivity index (χ2n) is 8.86. The lowest BCUT2D eigenvalue weighted by Crippen LogP contribution is -2.38. The van der Waals surface area contributed by atoms with E-state index in [0.29, 0.717) is 28.8 Å². The minimum Gasteiger partial charge on any atom is -0.302 e. The molecule has 0 saturated heterocycles. The number of aromatic nitrogens is 1. The first kappa shape index (κ1) is 28.2. The zero-order chi connectivity index (χ0) is 27.3. The highest BCUT2D eigenvalue weighted by atomic mass is 35.5. The van der Waals surface area contributed by atoms with E-state index in [4.69, 9.17) is 16.6 Å². The molecule has 0 aliphatic heterocycles. The van der Waals surface area contributed by atoms with Gasteiger partial charge in [-0.05, 0) is 61.1 Å². The summed E-state index contributed by atoms with van der Waals surface area (Å²) < 4.78 is 28.5. The van der Waals surface area contributed by atoms with E-state index >= 15 is 0 Å². The molecule has 0 aliphatic rings. The minimum atomic E-state index is -3.72. The van der Waals surface area contributed by atoms with E-state index in [9.17, 15) is 13.2 Å². The van der Waals surface area contributed by atoms with Crippen LogP contribution < -0.4 is 4.90 Å². The molecule has 0 fully saturated rings. The maximum absolute atomic E-state index is 13.7. The standard InChI is InChI=1S/C28H31ClN4O3S2/c1-4-32(5-2)17-18-33(28-30-25-16-13-23(29)19-26(25)37-28)27(34)22-11-14-24(15-12-22)38(35,36)31(3)20-21-9-7-6-8-10-21/h6-16,19H,4-5,17-18,20H2,1-3H3. The molecule has 38 heavy (non-hydrogen) atoms. The van der Waals surface area contributed by atoms with Crippen molar-refractivity contribution in [1.29, 1.82) is 0 Å². The van der Waals surface area contributed by atoms with E-state index in [1.54, 1.807) is 30.1 Å². The lowest BCUT2D eigenvalue weighted by Gasteiger charge is -2.25. The molecule has 0 aliphatic carbocycles. The van der Waals surface area contributed by atoms with Crippen LogP contribution in [0.15, 0.2) is 77.7 Å². The Bertz CT molecular complexity index is 1490. The third-order valence-electron chi connectivity index (χ3n) is 6.41. The van der Waals surface area contributed by atoms with Gasteiger partial charge in [-0.2, -0.15) is 4.31 Å². The highest BCUT2D eigenvalue weighted by molar-refractivity contribution is 7.89. The molecule has 200 valence electrons. The third kappa shape index (κ3) is 6.42. The van der Waals surface area contributed by atoms with Crippen LogP contribution in [0.4, 0.5) is 5.13 Å². The van der Waals surface area contributed by atoms with Crippen LogP contribution in [0.5, 0.6) is 0 Å². The summed E-state index contributed by atoms with van der Waals surface area (Å²) in [6.07, 6.45) is 0. The number of fused-ring (bicyclic) bond motifs is 1. The van der Waals surface area contributed by atoms with Gasteiger partial charge in [-0.3, -0.25) is 9.69 Å². The molecule has 0 saturated carbocycles. The SMILES string of the molecule is CCN(CC)CCN(C(=O)c1ccc(S(=O)(=O)N(C)Cc2ccccc2)cc1)c1nc2ccc(Cl)cc2s1. The van der Waals surface area contributed by atoms with Crippen molar-refractivity contribution < 1.29 is 13.2 Å². The zero-order valence-corrected chi connectivity index (χ0v) is 24.1. The van der Waals surface area contributed by atoms with Gasteiger partial charge in [-0.15, -0.1) is 0 Å². The first-order valence-electron chi connectivity index (χ1n) is 12.4. The Morgan fingerprint density at radius 3 is 2.29 bits per heavy atom. The number of sulfonamides is 1. The number of anilines is 1. The number of nitrogens with zero attached hydrogens (tertiary/aromatic N) is 4. The predicted octanol–water partition coefficient (Wildman–Crippen LogP) is 5.76. The van der Waals surface area contributed by atoms with Crippen molar-refractivity contribution in [3.05, 3.63) is 88.9 Å². The number of halogens is 1. The third-order valence-corrected chi connectivity index (χ3v) is 9.50. The van der Waals surface area contributed by atoms with Crippen molar-refractivity contribution in [2.45, 2.75) is 25.3 Å². The number of carbonyl (C=O) groups is 1. The normalized spacial score (nSPS) is 11.9. The molecule has 0 radical (unpaired) electrons. The molecule has 0 bridgehead atoms. The summed E-state index contributed by atoms with van der Waals surface area (Å²) in [4.78, 5) is 22.4. The van der Waals surface area contributed by atoms with Crippen LogP contribution in [0, 0.1) is 0 Å². The van der Waals surface area contributed by atoms with Crippen LogP contribution >= 0.6 is 22.9 Å². The van der Waals surface area contributed by atoms with Gasteiger partial charge >= 0.3 is 0 Å². The summed E-state index contributed by atoms with van der Waals surface area (Å²) in [6.45, 7) is 7.31. The number of hydrogen-bond acceptors (Lipinski definition) is 6. The Labute approximate surface area is 233 Å². The Hall–Kier alpha value is -2.82. The lowest BCUT2D eigenvalue weighted by atomic mass is 10.2. The summed E-state index contributed by atoms with van der Waals surface area (Å²) in [5.41, 5.74) is 2.07. The molecular formula is C28H31ClN4O3S2. The summed E-state index contributed by atoms with van der Waals surface area (Å²) in [6, 6.07) is 21.0. The van der Waals surface area contributed by atoms with Crippen molar-refractivity contribution in [3.63, 3.8) is 0 Å². The average Bonchev–Trinajstić information content (AvgIpc) is 3.34. The number of hydrogen-bond donors (Lipinski definition) is 0. The molecule has 0 N–H and O–H groups in total. The van der Waals surface area contributed by atoms with Crippen LogP contribution in [0.25, 0.3) is 10.2 Å². The van der Waals surface area contributed by atoms with Crippen molar-refractivity contribution in [1.82, 2.24) is 14.2 Å². The van der Waals surface area contributed by atoms with E-state index in [-0.39, 0.29) is 17.3 Å². The number of thiazole rings is 1. The van der Waals surface area contributed by atoms with Gasteiger partial charge in [0.25, 0.3) is 5.91 Å². The lowest BCUT2D eigenvalue weighted by molar-refractivity contribution is 0.0983. The topological polar surface area (TPSA) is 73.8 Å². The number of benzene rings is 3. The summed E-state index contributed by atoms with van der Waals surface area (Å²) in [5, 5.41) is 1.20. The van der Waals surface area contributed by atoms with Gasteiger partial charge < -0.3 is 4.90 Å². The van der Waals surface area contributed by atoms with Gasteiger partial charge in [0.2, 0.25) is 10.0 Å². The first-order chi connectivity index (χ1) is 18.2. The van der Waals surface area contributed by atoms with E-state index < -0.39 is 10.0 Å². The van der Waals surface area contributed by atoms with Crippen molar-refractivity contribution in [3.8, 4) is 0 Å². The Kier molecular flexibility index (Phi) is 9.17. The highest BCUT2D eigenvalue weighted by Gasteiger charge is 2.25. The minimum absolute atomic E-state index is 0.136. The molecule has 7 nitrogen and oxygen atoms in total. The largest absolute Gasteiger partial charge is 0.302 e. The van der Waals surface area contributed by atoms with Crippen LogP contribution in [-0.2, 0) is 16.6 Å². The van der Waals surface area contributed by atoms with E-state index in [1.807, 2.05) is 42.5 Å². The first-order valence-corrected chi connectivity index (χ1v) is 15.1. The Balaban J connectivity index is 1.59. The molecule has 3 aromatic carbocycles. The molecule has 1 heterocycles. The van der Waals surface area contributed by atoms with Crippen LogP contribution in [0.3, 0.4) is 0 Å². The Morgan fingerprint density at radius 1 is 0.947 bits per heavy atom. The monoisotopic (exact) mass is 570 g/mol. The van der Waals surface area contributed by atoms with Crippen LogP contribution in [0.1, 0.15) is 29.8 Å². The summed E-state index contributed by atoms with van der Waals surface area (Å²) in [5.74, 6) is -0.233. The van der Waals surface area contributed by atoms with Gasteiger partial charge in [0.15, 0.2) is 5.13 Å². The van der Waals surface area contributed by atoms with Crippen LogP contribution in [0.2, 0.25) is 5.02 Å². The number of amides is 1. The zero-order valence-electron chi connectivity index (χ0n) is 21.7. The van der Waals surface area contributed by atoms with Gasteiger partial charge in [-0.1, -0.05) is 67.1 Å². The molecule has 1 amide bonds. The molecule has 4 rings (SSSR count). The van der Waals surface area contributed by atoms with E-state index in [1.165, 1.54) is 27.8 Å². The van der Waals surface area contributed by atoms with Gasteiger partial charge in [0.1, 0.15) is 0 Å². The maximum Gasteiger partial charge on any atom is 0.260 e. The number of likely N-dealkylation sites (N-methyl/N-ethyl adjacent to an activating group) is 1. The van der Waals surface area contributed by atoms with E-state index in [2.05, 4.69) is 18.7 Å². The van der Waals surface area contributed by atoms with Crippen molar-refractivity contribution in [2.24, 2.45) is 0 Å². The van der Waals surface area contributed by atoms with Crippen molar-refractivity contribution >= 4 is 54.2 Å². The van der Waals surface area contributed by atoms with Gasteiger partial charge in [0, 0.05) is 37.3 Å². The maximum atomic E-state index is 13.7. The molecular weight excluding hydrogens is 540 g/mol. The molecule has 0 unspecified atom stereocenters. The second-order valence-corrected chi connectivity index (χ2v) is 12.4. The molecule has 0 atom stereocenters. The molecule has 1 aromatic heterocycles. The summed E-state index contributed by atoms with van der Waals surface area (Å²) >= 11 is 7.57. The molecule has 10 heteroatoms. The number of carbonyl (C=O) groups excluding carboxylic acids is 1. The fourth-order valence-corrected chi connectivity index (χ4v) is 6.52. The fourth-order valence-electron chi connectivity index (χ4n) is 4.10. The Morgan fingerprint density at radius 2 is 1.63 bits per heavy atom. The highest BCUT2D eigenvalue weighted by Crippen LogP contribution is 2.31. The fraction of sp³-hybridized carbons (Fsp3) is 0.286. The van der Waals surface area contributed by atoms with Crippen molar-refractivity contribution in [2.75, 3.05) is 38.1 Å². The summed E-state index contributed by atoms with van der Waals surface area (Å²) in [7, 11) is -2.17. The number of rotatable bonds is 11. The van der Waals surface area contributed by atoms with E-state index in [0.717, 1.165) is 28.9 Å². The quantitative estimate of drug-likeness (QED) is 0.229. The van der Waals surface area contributed by atoms with Crippen LogP contribution in [-0.4, -0.2) is 61.7 Å². The van der Waals surface area contributed by atoms with Gasteiger partial charge in [-0.25, -0.2) is 13.4 Å². The predicted molar refractivity (Wildman–Crippen MR) is 156 cm³/mol. The smallest absolute Gasteiger partial charge is 0.260 e. The van der Waals surface area contributed by atoms with Gasteiger partial charge in [0.05, 0.1) is 15.1 Å². The average molecular weight is 571 g/mol. The molecule has 0 spiro atoms.